The van der Waals surface area contributed by atoms with Gasteiger partial charge in [-0.05, 0) is 101 Å². The minimum atomic E-state index is -1.23. The first-order valence-electron chi connectivity index (χ1n) is 17.6. The van der Waals surface area contributed by atoms with Crippen LogP contribution in [-0.4, -0.2) is 69.3 Å². The van der Waals surface area contributed by atoms with E-state index in [-0.39, 0.29) is 11.6 Å². The Labute approximate surface area is 286 Å². The fraction of sp³-hybridized carbons (Fsp3) is 0.462. The van der Waals surface area contributed by atoms with Crippen molar-refractivity contribution in [3.8, 4) is 16.9 Å². The van der Waals surface area contributed by atoms with Crippen molar-refractivity contribution < 1.29 is 23.4 Å². The normalized spacial score (nSPS) is 16.1. The van der Waals surface area contributed by atoms with Crippen LogP contribution in [0.25, 0.3) is 32.8 Å². The predicted molar refractivity (Wildman–Crippen MR) is 189 cm³/mol. The minimum absolute atomic E-state index is 0.284. The molecule has 0 radical (unpaired) electrons. The second-order valence-electron chi connectivity index (χ2n) is 14.3. The standard InChI is InChI=1S/C39H47F2N5O3/c1-25-34(32-10-6-18-46(32)43-25)35-31(41)15-14-30-29(9-7-23-48-33-11-5-8-26-24-27(40)12-13-28(26)33)37(38(47)49-39(2,3)4)45(36(30)35)22-21-44-19-16-42-17-20-44/h5,8,11-15,24,38,42,47H,6-7,9-10,16-23H2,1-4H3. The van der Waals surface area contributed by atoms with Gasteiger partial charge in [0.15, 0.2) is 6.29 Å². The summed E-state index contributed by atoms with van der Waals surface area (Å²) in [6.45, 7) is 14.0. The lowest BCUT2D eigenvalue weighted by Gasteiger charge is -2.29. The number of aromatic nitrogens is 3. The molecule has 4 heterocycles. The van der Waals surface area contributed by atoms with Gasteiger partial charge in [0.2, 0.25) is 0 Å². The fourth-order valence-electron chi connectivity index (χ4n) is 7.67. The maximum atomic E-state index is 16.4. The predicted octanol–water partition coefficient (Wildman–Crippen LogP) is 6.91. The summed E-state index contributed by atoms with van der Waals surface area (Å²) in [7, 11) is 0. The largest absolute Gasteiger partial charge is 0.493 e. The number of benzene rings is 3. The lowest BCUT2D eigenvalue weighted by Crippen LogP contribution is -2.44. The van der Waals surface area contributed by atoms with Crippen LogP contribution in [0, 0.1) is 18.6 Å². The van der Waals surface area contributed by atoms with Crippen LogP contribution in [0.15, 0.2) is 48.5 Å². The van der Waals surface area contributed by atoms with Crippen LogP contribution in [0.3, 0.4) is 0 Å². The summed E-state index contributed by atoms with van der Waals surface area (Å²) in [5.74, 6) is 0.120. The number of rotatable bonds is 11. The lowest BCUT2D eigenvalue weighted by molar-refractivity contribution is -0.173. The van der Waals surface area contributed by atoms with Gasteiger partial charge in [-0.2, -0.15) is 5.10 Å². The number of aryl methyl sites for hydroxylation is 3. The van der Waals surface area contributed by atoms with E-state index in [4.69, 9.17) is 14.6 Å². The topological polar surface area (TPSA) is 76.7 Å². The summed E-state index contributed by atoms with van der Waals surface area (Å²) >= 11 is 0. The molecule has 0 aliphatic carbocycles. The van der Waals surface area contributed by atoms with E-state index in [1.807, 2.05) is 56.6 Å². The second kappa shape index (κ2) is 13.8. The van der Waals surface area contributed by atoms with Crippen molar-refractivity contribution in [1.29, 1.82) is 0 Å². The molecule has 0 spiro atoms. The number of nitrogens with zero attached hydrogens (tertiary/aromatic N) is 4. The Morgan fingerprint density at radius 2 is 1.78 bits per heavy atom. The molecule has 1 fully saturated rings. The van der Waals surface area contributed by atoms with Crippen LogP contribution in [0.5, 0.6) is 5.75 Å². The molecule has 2 aromatic heterocycles. The minimum Gasteiger partial charge on any atom is -0.493 e. The zero-order valence-corrected chi connectivity index (χ0v) is 29.0. The number of aliphatic hydroxyl groups excluding tert-OH is 1. The van der Waals surface area contributed by atoms with Crippen LogP contribution in [0.4, 0.5) is 8.78 Å². The van der Waals surface area contributed by atoms with Crippen molar-refractivity contribution in [2.75, 3.05) is 39.3 Å². The molecule has 0 amide bonds. The first-order valence-corrected chi connectivity index (χ1v) is 17.6. The van der Waals surface area contributed by atoms with E-state index < -0.39 is 11.9 Å². The Bertz CT molecular complexity index is 1970. The van der Waals surface area contributed by atoms with Crippen LogP contribution in [0.2, 0.25) is 0 Å². The Balaban J connectivity index is 1.32. The van der Waals surface area contributed by atoms with E-state index >= 15 is 4.39 Å². The lowest BCUT2D eigenvalue weighted by atomic mass is 9.97. The van der Waals surface area contributed by atoms with Crippen molar-refractivity contribution >= 4 is 21.7 Å². The molecule has 3 aromatic carbocycles. The molecule has 2 aliphatic heterocycles. The summed E-state index contributed by atoms with van der Waals surface area (Å²) in [5.41, 5.74) is 5.04. The molecule has 8 nitrogen and oxygen atoms in total. The number of fused-ring (bicyclic) bond motifs is 3. The molecule has 1 unspecified atom stereocenters. The Morgan fingerprint density at radius 1 is 0.980 bits per heavy atom. The van der Waals surface area contributed by atoms with Gasteiger partial charge in [-0.25, -0.2) is 8.78 Å². The third kappa shape index (κ3) is 6.84. The Morgan fingerprint density at radius 3 is 2.57 bits per heavy atom. The highest BCUT2D eigenvalue weighted by Gasteiger charge is 2.32. The van der Waals surface area contributed by atoms with E-state index in [1.165, 1.54) is 12.1 Å². The zero-order valence-electron chi connectivity index (χ0n) is 29.0. The maximum Gasteiger partial charge on any atom is 0.197 e. The van der Waals surface area contributed by atoms with Crippen molar-refractivity contribution in [1.82, 2.24) is 24.6 Å². The van der Waals surface area contributed by atoms with Crippen molar-refractivity contribution in [3.63, 3.8) is 0 Å². The van der Waals surface area contributed by atoms with Gasteiger partial charge in [-0.1, -0.05) is 12.1 Å². The summed E-state index contributed by atoms with van der Waals surface area (Å²) in [5, 5.41) is 22.7. The van der Waals surface area contributed by atoms with Crippen molar-refractivity contribution in [2.45, 2.75) is 78.4 Å². The van der Waals surface area contributed by atoms with Crippen molar-refractivity contribution in [2.24, 2.45) is 0 Å². The molecule has 5 aromatic rings. The van der Waals surface area contributed by atoms with E-state index in [0.29, 0.717) is 43.0 Å². The number of halogens is 2. The summed E-state index contributed by atoms with van der Waals surface area (Å²) in [4.78, 5) is 2.41. The molecule has 1 atom stereocenters. The van der Waals surface area contributed by atoms with Gasteiger partial charge in [-0.15, -0.1) is 0 Å². The zero-order chi connectivity index (χ0) is 34.3. The third-order valence-electron chi connectivity index (χ3n) is 9.77. The summed E-state index contributed by atoms with van der Waals surface area (Å²) < 4.78 is 46.9. The van der Waals surface area contributed by atoms with Gasteiger partial charge in [0.1, 0.15) is 17.4 Å². The first-order chi connectivity index (χ1) is 23.6. The van der Waals surface area contributed by atoms with Gasteiger partial charge in [-0.3, -0.25) is 9.58 Å². The maximum absolute atomic E-state index is 16.4. The molecule has 2 aliphatic rings. The summed E-state index contributed by atoms with van der Waals surface area (Å²) in [6, 6.07) is 13.8. The average molecular weight is 672 g/mol. The highest BCUT2D eigenvalue weighted by Crippen LogP contribution is 2.43. The molecule has 7 rings (SSSR count). The van der Waals surface area contributed by atoms with E-state index in [1.54, 1.807) is 12.1 Å². The third-order valence-corrected chi connectivity index (χ3v) is 9.77. The number of hydrogen-bond acceptors (Lipinski definition) is 6. The SMILES string of the molecule is Cc1nn2c(c1-c1c(F)ccc3c(CCCOc4cccc5cc(F)ccc45)c(C(O)OC(C)(C)C)n(CCN4CCNCC4)c13)CCC2. The van der Waals surface area contributed by atoms with Crippen LogP contribution < -0.4 is 10.1 Å². The number of piperazine rings is 1. The number of hydrogen-bond donors (Lipinski definition) is 2. The molecule has 0 bridgehead atoms. The molecular weight excluding hydrogens is 624 g/mol. The smallest absolute Gasteiger partial charge is 0.197 e. The molecule has 260 valence electrons. The quantitative estimate of drug-likeness (QED) is 0.117. The molecule has 1 saturated heterocycles. The summed E-state index contributed by atoms with van der Waals surface area (Å²) in [6.07, 6.45) is 1.82. The number of aliphatic hydroxyl groups is 1. The van der Waals surface area contributed by atoms with Crippen LogP contribution >= 0.6 is 0 Å². The molecule has 0 saturated carbocycles. The van der Waals surface area contributed by atoms with Gasteiger partial charge < -0.3 is 24.5 Å². The van der Waals surface area contributed by atoms with Gasteiger partial charge in [0.05, 0.1) is 29.1 Å². The fourth-order valence-corrected chi connectivity index (χ4v) is 7.67. The van der Waals surface area contributed by atoms with E-state index in [9.17, 15) is 9.50 Å². The van der Waals surface area contributed by atoms with Gasteiger partial charge >= 0.3 is 0 Å². The first kappa shape index (κ1) is 33.7. The second-order valence-corrected chi connectivity index (χ2v) is 14.3. The molecule has 10 heteroatoms. The molecular formula is C39H47F2N5O3. The highest BCUT2D eigenvalue weighted by atomic mass is 19.1. The average Bonchev–Trinajstić information content (AvgIpc) is 3.73. The monoisotopic (exact) mass is 671 g/mol. The molecule has 49 heavy (non-hydrogen) atoms. The van der Waals surface area contributed by atoms with E-state index in [0.717, 1.165) is 96.3 Å². The Hall–Kier alpha value is -3.83. The molecule has 2 N–H and O–H groups in total. The number of nitrogens with one attached hydrogen (secondary N) is 1. The number of ether oxygens (including phenoxy) is 2. The highest BCUT2D eigenvalue weighted by molar-refractivity contribution is 5.99. The van der Waals surface area contributed by atoms with Gasteiger partial charge in [0, 0.05) is 73.4 Å². The van der Waals surface area contributed by atoms with Crippen molar-refractivity contribution in [3.05, 3.63) is 82.8 Å². The van der Waals surface area contributed by atoms with Crippen LogP contribution in [0.1, 0.15) is 62.5 Å². The van der Waals surface area contributed by atoms with Crippen LogP contribution in [-0.2, 0) is 30.7 Å². The Kier molecular flexibility index (Phi) is 9.49. The van der Waals surface area contributed by atoms with E-state index in [2.05, 4.69) is 14.8 Å². The van der Waals surface area contributed by atoms with Gasteiger partial charge in [0.25, 0.3) is 0 Å².